The fourth-order valence-electron chi connectivity index (χ4n) is 3.97. The van der Waals surface area contributed by atoms with Gasteiger partial charge in [0.2, 0.25) is 0 Å². The first-order valence-electron chi connectivity index (χ1n) is 10.8. The van der Waals surface area contributed by atoms with Gasteiger partial charge in [-0.3, -0.25) is 14.2 Å². The van der Waals surface area contributed by atoms with E-state index in [2.05, 4.69) is 52.8 Å². The summed E-state index contributed by atoms with van der Waals surface area (Å²) >= 11 is 0. The van der Waals surface area contributed by atoms with Crippen LogP contribution in [0.2, 0.25) is 0 Å². The molecule has 32 heavy (non-hydrogen) atoms. The molecule has 0 atom stereocenters. The molecule has 0 spiro atoms. The summed E-state index contributed by atoms with van der Waals surface area (Å²) in [6.45, 7) is 11.4. The van der Waals surface area contributed by atoms with Crippen molar-refractivity contribution in [3.63, 3.8) is 0 Å². The van der Waals surface area contributed by atoms with Crippen molar-refractivity contribution < 1.29 is 4.79 Å². The zero-order valence-corrected chi connectivity index (χ0v) is 19.3. The summed E-state index contributed by atoms with van der Waals surface area (Å²) in [5.74, 6) is -0.135. The Morgan fingerprint density at radius 3 is 2.22 bits per heavy atom. The molecule has 2 heterocycles. The second-order valence-electron chi connectivity index (χ2n) is 8.43. The van der Waals surface area contributed by atoms with Crippen LogP contribution in [0.25, 0.3) is 0 Å². The summed E-state index contributed by atoms with van der Waals surface area (Å²) in [6, 6.07) is 18.1. The monoisotopic (exact) mass is 427 g/mol. The second-order valence-corrected chi connectivity index (χ2v) is 8.43. The van der Waals surface area contributed by atoms with E-state index in [4.69, 9.17) is 0 Å². The van der Waals surface area contributed by atoms with Crippen molar-refractivity contribution in [1.82, 2.24) is 19.6 Å². The van der Waals surface area contributed by atoms with Gasteiger partial charge in [0.25, 0.3) is 5.91 Å². The number of hydrogen-bond donors (Lipinski definition) is 1. The number of rotatable bonds is 6. The maximum Gasteiger partial charge on any atom is 0.255 e. The molecule has 4 aromatic rings. The van der Waals surface area contributed by atoms with Crippen LogP contribution in [0.5, 0.6) is 0 Å². The Labute approximate surface area is 188 Å². The van der Waals surface area contributed by atoms with Crippen molar-refractivity contribution in [2.45, 2.75) is 47.7 Å². The van der Waals surface area contributed by atoms with E-state index in [0.717, 1.165) is 34.0 Å². The number of hydrogen-bond acceptors (Lipinski definition) is 3. The molecular weight excluding hydrogens is 398 g/mol. The molecule has 2 aromatic carbocycles. The summed E-state index contributed by atoms with van der Waals surface area (Å²) in [5, 5.41) is 12.2. The lowest BCUT2D eigenvalue weighted by molar-refractivity contribution is 0.102. The van der Waals surface area contributed by atoms with Gasteiger partial charge in [-0.25, -0.2) is 0 Å². The number of aryl methyl sites for hydroxylation is 4. The third-order valence-corrected chi connectivity index (χ3v) is 5.69. The van der Waals surface area contributed by atoms with Crippen LogP contribution in [0.1, 0.15) is 49.8 Å². The summed E-state index contributed by atoms with van der Waals surface area (Å²) in [6.07, 6.45) is 0. The maximum atomic E-state index is 12.9. The molecule has 0 saturated heterocycles. The minimum atomic E-state index is -0.135. The molecule has 0 unspecified atom stereocenters. The normalized spacial score (nSPS) is 11.0. The van der Waals surface area contributed by atoms with Crippen LogP contribution in [0.3, 0.4) is 0 Å². The Balaban J connectivity index is 1.46. The Bertz CT molecular complexity index is 1260. The minimum Gasteiger partial charge on any atom is -0.319 e. The van der Waals surface area contributed by atoms with Crippen molar-refractivity contribution >= 4 is 11.6 Å². The summed E-state index contributed by atoms with van der Waals surface area (Å²) in [7, 11) is 0. The first-order chi connectivity index (χ1) is 15.3. The molecule has 6 heteroatoms. The fraction of sp³-hybridized carbons (Fsp3) is 0.269. The predicted octanol–water partition coefficient (Wildman–Crippen LogP) is 4.97. The van der Waals surface area contributed by atoms with Gasteiger partial charge in [-0.1, -0.05) is 42.0 Å². The molecule has 0 saturated carbocycles. The first kappa shape index (κ1) is 21.6. The van der Waals surface area contributed by atoms with Gasteiger partial charge in [0, 0.05) is 11.3 Å². The molecule has 2 aromatic heterocycles. The molecule has 0 aliphatic carbocycles. The lowest BCUT2D eigenvalue weighted by Crippen LogP contribution is -2.13. The molecule has 0 aliphatic heterocycles. The summed E-state index contributed by atoms with van der Waals surface area (Å²) in [4.78, 5) is 12.9. The van der Waals surface area contributed by atoms with Crippen molar-refractivity contribution in [3.8, 4) is 0 Å². The number of anilines is 1. The zero-order valence-electron chi connectivity index (χ0n) is 19.3. The van der Waals surface area contributed by atoms with E-state index < -0.39 is 0 Å². The number of aromatic nitrogens is 4. The average Bonchev–Trinajstić information content (AvgIpc) is 3.20. The molecule has 0 aliphatic rings. The van der Waals surface area contributed by atoms with E-state index >= 15 is 0 Å². The van der Waals surface area contributed by atoms with Crippen LogP contribution in [-0.2, 0) is 13.1 Å². The van der Waals surface area contributed by atoms with E-state index in [9.17, 15) is 4.79 Å². The highest BCUT2D eigenvalue weighted by molar-refractivity contribution is 6.04. The van der Waals surface area contributed by atoms with E-state index in [1.807, 2.05) is 61.3 Å². The number of amides is 1. The Kier molecular flexibility index (Phi) is 5.95. The third-order valence-electron chi connectivity index (χ3n) is 5.69. The van der Waals surface area contributed by atoms with Crippen LogP contribution in [0.15, 0.2) is 54.6 Å². The van der Waals surface area contributed by atoms with Crippen molar-refractivity contribution in [2.24, 2.45) is 0 Å². The van der Waals surface area contributed by atoms with Crippen LogP contribution < -0.4 is 5.32 Å². The van der Waals surface area contributed by atoms with Gasteiger partial charge in [-0.2, -0.15) is 10.2 Å². The van der Waals surface area contributed by atoms with Crippen molar-refractivity contribution in [2.75, 3.05) is 5.32 Å². The van der Waals surface area contributed by atoms with Gasteiger partial charge in [-0.15, -0.1) is 0 Å². The Morgan fingerprint density at radius 1 is 0.844 bits per heavy atom. The highest BCUT2D eigenvalue weighted by atomic mass is 16.1. The molecule has 1 amide bonds. The quantitative estimate of drug-likeness (QED) is 0.472. The zero-order chi connectivity index (χ0) is 22.8. The molecule has 0 bridgehead atoms. The van der Waals surface area contributed by atoms with Gasteiger partial charge in [0.15, 0.2) is 0 Å². The SMILES string of the molecule is Cc1cccc(Cn2nc(C)c(NC(=O)c3ccc(Cn4nc(C)cc4C)cc3)c2C)c1. The van der Waals surface area contributed by atoms with Crippen LogP contribution in [-0.4, -0.2) is 25.5 Å². The molecule has 164 valence electrons. The van der Waals surface area contributed by atoms with Gasteiger partial charge in [-0.05, 0) is 63.9 Å². The lowest BCUT2D eigenvalue weighted by atomic mass is 10.1. The van der Waals surface area contributed by atoms with Gasteiger partial charge >= 0.3 is 0 Å². The van der Waals surface area contributed by atoms with E-state index in [1.54, 1.807) is 0 Å². The van der Waals surface area contributed by atoms with Crippen molar-refractivity contribution in [3.05, 3.63) is 99.6 Å². The topological polar surface area (TPSA) is 64.7 Å². The third kappa shape index (κ3) is 4.64. The van der Waals surface area contributed by atoms with Crippen LogP contribution in [0.4, 0.5) is 5.69 Å². The molecule has 1 N–H and O–H groups in total. The Hall–Kier alpha value is -3.67. The summed E-state index contributed by atoms with van der Waals surface area (Å²) in [5.41, 5.74) is 8.78. The number of nitrogens with one attached hydrogen (secondary N) is 1. The van der Waals surface area contributed by atoms with E-state index in [1.165, 1.54) is 11.1 Å². The standard InChI is InChI=1S/C26H29N5O/c1-17-7-6-8-23(13-17)16-31-21(5)25(20(4)29-31)27-26(32)24-11-9-22(10-12-24)15-30-19(3)14-18(2)28-30/h6-14H,15-16H2,1-5H3,(H,27,32). The van der Waals surface area contributed by atoms with Crippen LogP contribution in [0, 0.1) is 34.6 Å². The van der Waals surface area contributed by atoms with Gasteiger partial charge in [0.1, 0.15) is 0 Å². The van der Waals surface area contributed by atoms with Gasteiger partial charge < -0.3 is 5.32 Å². The van der Waals surface area contributed by atoms with Crippen LogP contribution >= 0.6 is 0 Å². The summed E-state index contributed by atoms with van der Waals surface area (Å²) < 4.78 is 3.91. The molecule has 4 rings (SSSR count). The highest BCUT2D eigenvalue weighted by Gasteiger charge is 2.16. The number of carbonyl (C=O) groups excluding carboxylic acids is 1. The largest absolute Gasteiger partial charge is 0.319 e. The number of carbonyl (C=O) groups is 1. The smallest absolute Gasteiger partial charge is 0.255 e. The minimum absolute atomic E-state index is 0.135. The lowest BCUT2D eigenvalue weighted by Gasteiger charge is -2.09. The number of nitrogens with zero attached hydrogens (tertiary/aromatic N) is 4. The molecule has 6 nitrogen and oxygen atoms in total. The second kappa shape index (κ2) is 8.83. The first-order valence-corrected chi connectivity index (χ1v) is 10.8. The number of benzene rings is 2. The Morgan fingerprint density at radius 2 is 1.56 bits per heavy atom. The van der Waals surface area contributed by atoms with E-state index in [0.29, 0.717) is 18.7 Å². The van der Waals surface area contributed by atoms with E-state index in [-0.39, 0.29) is 5.91 Å². The molecular formula is C26H29N5O. The maximum absolute atomic E-state index is 12.9. The van der Waals surface area contributed by atoms with Gasteiger partial charge in [0.05, 0.1) is 35.9 Å². The van der Waals surface area contributed by atoms with Crippen molar-refractivity contribution in [1.29, 1.82) is 0 Å². The average molecular weight is 428 g/mol. The molecule has 0 fully saturated rings. The molecule has 0 radical (unpaired) electrons. The highest BCUT2D eigenvalue weighted by Crippen LogP contribution is 2.22. The predicted molar refractivity (Wildman–Crippen MR) is 127 cm³/mol. The fourth-order valence-corrected chi connectivity index (χ4v) is 3.97.